The summed E-state index contributed by atoms with van der Waals surface area (Å²) in [5.41, 5.74) is 7.01. The maximum atomic E-state index is 13.7. The number of rotatable bonds is 1. The highest BCUT2D eigenvalue weighted by molar-refractivity contribution is 5.51. The predicted octanol–water partition coefficient (Wildman–Crippen LogP) is 2.72. The monoisotopic (exact) mass is 251 g/mol. The maximum Gasteiger partial charge on any atom is 0.197 e. The first-order valence-electron chi connectivity index (χ1n) is 6.58. The van der Waals surface area contributed by atoms with E-state index < -0.39 is 5.54 Å². The van der Waals surface area contributed by atoms with Crippen LogP contribution in [0.1, 0.15) is 37.7 Å². The van der Waals surface area contributed by atoms with Gasteiger partial charge >= 0.3 is 0 Å². The third kappa shape index (κ3) is 1.85. The van der Waals surface area contributed by atoms with Crippen LogP contribution in [0.3, 0.4) is 0 Å². The molecule has 1 aromatic carbocycles. The molecule has 1 aromatic rings. The summed E-state index contributed by atoms with van der Waals surface area (Å²) in [7, 11) is 0. The number of nitrogens with two attached hydrogens (primary N) is 1. The number of halogens is 1. The van der Waals surface area contributed by atoms with Gasteiger partial charge in [-0.3, -0.25) is 0 Å². The van der Waals surface area contributed by atoms with E-state index in [-0.39, 0.29) is 11.6 Å². The van der Waals surface area contributed by atoms with Crippen molar-refractivity contribution in [2.75, 3.05) is 13.2 Å². The molecule has 1 heterocycles. The van der Waals surface area contributed by atoms with Crippen LogP contribution >= 0.6 is 0 Å². The molecule has 1 aliphatic carbocycles. The van der Waals surface area contributed by atoms with Crippen LogP contribution in [0.4, 0.5) is 4.39 Å². The summed E-state index contributed by atoms with van der Waals surface area (Å²) in [6.45, 7) is 0.852. The first-order chi connectivity index (χ1) is 8.71. The molecule has 0 radical (unpaired) electrons. The van der Waals surface area contributed by atoms with Gasteiger partial charge in [0.1, 0.15) is 13.2 Å². The number of hydrogen-bond donors (Lipinski definition) is 1. The zero-order valence-corrected chi connectivity index (χ0v) is 10.4. The fraction of sp³-hybridized carbons (Fsp3) is 0.571. The van der Waals surface area contributed by atoms with Crippen molar-refractivity contribution in [3.63, 3.8) is 0 Å². The molecule has 1 fully saturated rings. The van der Waals surface area contributed by atoms with Gasteiger partial charge in [0.25, 0.3) is 0 Å². The molecule has 0 spiro atoms. The molecule has 1 aliphatic heterocycles. The van der Waals surface area contributed by atoms with Crippen molar-refractivity contribution in [2.45, 2.75) is 37.6 Å². The molecule has 0 aromatic heterocycles. The molecule has 0 atom stereocenters. The van der Waals surface area contributed by atoms with Crippen LogP contribution in [0.5, 0.6) is 11.5 Å². The second-order valence-corrected chi connectivity index (χ2v) is 5.17. The smallest absolute Gasteiger partial charge is 0.197 e. The predicted molar refractivity (Wildman–Crippen MR) is 66.3 cm³/mol. The van der Waals surface area contributed by atoms with E-state index in [9.17, 15) is 4.39 Å². The van der Waals surface area contributed by atoms with Crippen LogP contribution in [0.25, 0.3) is 0 Å². The van der Waals surface area contributed by atoms with Crippen molar-refractivity contribution >= 4 is 0 Å². The number of hydrogen-bond acceptors (Lipinski definition) is 3. The van der Waals surface area contributed by atoms with Crippen molar-refractivity contribution in [2.24, 2.45) is 5.73 Å². The van der Waals surface area contributed by atoms with Gasteiger partial charge in [-0.2, -0.15) is 0 Å². The van der Waals surface area contributed by atoms with Gasteiger partial charge in [-0.1, -0.05) is 25.3 Å². The molecular formula is C14H18FNO2. The minimum absolute atomic E-state index is 0.231. The Balaban J connectivity index is 2.06. The van der Waals surface area contributed by atoms with Gasteiger partial charge in [-0.25, -0.2) is 4.39 Å². The number of fused-ring (bicyclic) bond motifs is 1. The van der Waals surface area contributed by atoms with Crippen molar-refractivity contribution in [1.29, 1.82) is 0 Å². The lowest BCUT2D eigenvalue weighted by atomic mass is 9.77. The van der Waals surface area contributed by atoms with Crippen molar-refractivity contribution in [1.82, 2.24) is 0 Å². The molecule has 0 saturated heterocycles. The van der Waals surface area contributed by atoms with Crippen LogP contribution in [0, 0.1) is 5.82 Å². The highest BCUT2D eigenvalue weighted by Crippen LogP contribution is 2.45. The van der Waals surface area contributed by atoms with Gasteiger partial charge in [0.2, 0.25) is 0 Å². The molecule has 0 bridgehead atoms. The Kier molecular flexibility index (Phi) is 2.90. The van der Waals surface area contributed by atoms with Crippen molar-refractivity contribution < 1.29 is 13.9 Å². The van der Waals surface area contributed by atoms with Gasteiger partial charge in [0.15, 0.2) is 17.3 Å². The lowest BCUT2D eigenvalue weighted by Gasteiger charge is -2.36. The van der Waals surface area contributed by atoms with Crippen LogP contribution in [0.15, 0.2) is 12.1 Å². The summed E-state index contributed by atoms with van der Waals surface area (Å²) in [5, 5.41) is 0. The van der Waals surface area contributed by atoms with Crippen molar-refractivity contribution in [3.8, 4) is 11.5 Å². The van der Waals surface area contributed by atoms with Gasteiger partial charge in [-0.05, 0) is 18.9 Å². The summed E-state index contributed by atoms with van der Waals surface area (Å²) in [4.78, 5) is 0. The normalized spacial score (nSPS) is 21.7. The molecular weight excluding hydrogens is 233 g/mol. The van der Waals surface area contributed by atoms with E-state index in [1.165, 1.54) is 12.5 Å². The fourth-order valence-electron chi connectivity index (χ4n) is 2.95. The molecule has 0 amide bonds. The maximum absolute atomic E-state index is 13.7. The van der Waals surface area contributed by atoms with Crippen molar-refractivity contribution in [3.05, 3.63) is 23.5 Å². The largest absolute Gasteiger partial charge is 0.486 e. The summed E-state index contributed by atoms with van der Waals surface area (Å²) in [6, 6.07) is 3.19. The average molecular weight is 251 g/mol. The zero-order valence-electron chi connectivity index (χ0n) is 10.4. The lowest BCUT2D eigenvalue weighted by Crippen LogP contribution is -2.39. The topological polar surface area (TPSA) is 44.5 Å². The molecule has 2 aliphatic rings. The van der Waals surface area contributed by atoms with E-state index >= 15 is 0 Å². The minimum Gasteiger partial charge on any atom is -0.486 e. The second kappa shape index (κ2) is 4.43. The first-order valence-corrected chi connectivity index (χ1v) is 6.58. The van der Waals surface area contributed by atoms with E-state index in [1.54, 1.807) is 6.07 Å². The Morgan fingerprint density at radius 1 is 1.00 bits per heavy atom. The third-order valence-corrected chi connectivity index (χ3v) is 3.92. The second-order valence-electron chi connectivity index (χ2n) is 5.17. The molecule has 1 saturated carbocycles. The van der Waals surface area contributed by atoms with Gasteiger partial charge in [-0.15, -0.1) is 0 Å². The van der Waals surface area contributed by atoms with Gasteiger partial charge in [0, 0.05) is 11.1 Å². The fourth-order valence-corrected chi connectivity index (χ4v) is 2.95. The molecule has 18 heavy (non-hydrogen) atoms. The molecule has 98 valence electrons. The Bertz CT molecular complexity index is 455. The van der Waals surface area contributed by atoms with Crippen LogP contribution in [-0.2, 0) is 5.54 Å². The summed E-state index contributed by atoms with van der Waals surface area (Å²) < 4.78 is 24.7. The first kappa shape index (κ1) is 11.8. The van der Waals surface area contributed by atoms with E-state index in [0.717, 1.165) is 31.2 Å². The van der Waals surface area contributed by atoms with Gasteiger partial charge < -0.3 is 15.2 Å². The highest BCUT2D eigenvalue weighted by Gasteiger charge is 2.35. The SMILES string of the molecule is NC1(c2ccc(F)c3c2OCCO3)CCCCC1. The van der Waals surface area contributed by atoms with Crippen LogP contribution < -0.4 is 15.2 Å². The molecule has 2 N–H and O–H groups in total. The number of benzene rings is 1. The van der Waals surface area contributed by atoms with Crippen LogP contribution in [-0.4, -0.2) is 13.2 Å². The molecule has 3 nitrogen and oxygen atoms in total. The zero-order chi connectivity index (χ0) is 12.6. The van der Waals surface area contributed by atoms with E-state index in [2.05, 4.69) is 0 Å². The Morgan fingerprint density at radius 2 is 1.67 bits per heavy atom. The summed E-state index contributed by atoms with van der Waals surface area (Å²) in [5.74, 6) is 0.382. The van der Waals surface area contributed by atoms with E-state index in [0.29, 0.717) is 19.0 Å². The van der Waals surface area contributed by atoms with E-state index in [1.807, 2.05) is 0 Å². The van der Waals surface area contributed by atoms with E-state index in [4.69, 9.17) is 15.2 Å². The quantitative estimate of drug-likeness (QED) is 0.834. The highest BCUT2D eigenvalue weighted by atomic mass is 19.1. The number of ether oxygens (including phenoxy) is 2. The minimum atomic E-state index is -0.392. The summed E-state index contributed by atoms with van der Waals surface area (Å²) >= 11 is 0. The van der Waals surface area contributed by atoms with Gasteiger partial charge in [0.05, 0.1) is 0 Å². The lowest BCUT2D eigenvalue weighted by molar-refractivity contribution is 0.157. The summed E-state index contributed by atoms with van der Waals surface area (Å²) in [6.07, 6.45) is 5.30. The molecule has 3 rings (SSSR count). The third-order valence-electron chi connectivity index (χ3n) is 3.92. The van der Waals surface area contributed by atoms with Crippen LogP contribution in [0.2, 0.25) is 0 Å². The Labute approximate surface area is 106 Å². The average Bonchev–Trinajstić information content (AvgIpc) is 2.40. The molecule has 4 heteroatoms. The molecule has 0 unspecified atom stereocenters. The Hall–Kier alpha value is -1.29. The Morgan fingerprint density at radius 3 is 2.39 bits per heavy atom. The standard InChI is InChI=1S/C14H18FNO2/c15-11-5-4-10(12-13(11)18-9-8-17-12)14(16)6-2-1-3-7-14/h4-5H,1-3,6-9,16H2.